The molecule has 0 aromatic rings. The van der Waals surface area contributed by atoms with Crippen LogP contribution in [-0.2, 0) is 4.74 Å². The fraction of sp³-hybridized carbons (Fsp3) is 0.895. The second kappa shape index (κ2) is 10.4. The minimum Gasteiger partial charge on any atom is -0.444 e. The summed E-state index contributed by atoms with van der Waals surface area (Å²) in [5.41, 5.74) is -1.68. The summed E-state index contributed by atoms with van der Waals surface area (Å²) in [6.07, 6.45) is 1.85. The van der Waals surface area contributed by atoms with Crippen LogP contribution in [0, 0.1) is 0 Å². The number of amides is 1. The van der Waals surface area contributed by atoms with Gasteiger partial charge < -0.3 is 25.8 Å². The summed E-state index contributed by atoms with van der Waals surface area (Å²) in [6.45, 7) is 13.3. The lowest BCUT2D eigenvalue weighted by atomic mass is 9.93. The molecule has 0 spiro atoms. The Morgan fingerprint density at radius 2 is 1.89 bits per heavy atom. The van der Waals surface area contributed by atoms with Crippen molar-refractivity contribution in [2.24, 2.45) is 4.99 Å². The summed E-state index contributed by atoms with van der Waals surface area (Å²) in [4.78, 5) is 16.9. The Labute approximate surface area is 168 Å². The molecule has 1 saturated heterocycles. The second-order valence-corrected chi connectivity index (χ2v) is 9.30. The molecule has 0 saturated carbocycles. The molecule has 1 amide bonds. The second-order valence-electron chi connectivity index (χ2n) is 8.19. The fourth-order valence-corrected chi connectivity index (χ4v) is 4.06. The molecule has 1 atom stereocenters. The number of rotatable bonds is 8. The Bertz CT molecular complexity index is 496. The average molecular weight is 403 g/mol. The van der Waals surface area contributed by atoms with Gasteiger partial charge in [-0.05, 0) is 52.7 Å². The normalized spacial score (nSPS) is 21.1. The topological polar surface area (TPSA) is 95.0 Å². The highest BCUT2D eigenvalue weighted by atomic mass is 32.2. The SMILES string of the molecule is CCNC(=NCC(CC)(CC)NC(=O)OC(C)(C)C)NCC1(O)CCSC1. The van der Waals surface area contributed by atoms with E-state index < -0.39 is 22.8 Å². The molecule has 27 heavy (non-hydrogen) atoms. The lowest BCUT2D eigenvalue weighted by molar-refractivity contribution is 0.0452. The summed E-state index contributed by atoms with van der Waals surface area (Å²) in [5.74, 6) is 2.38. The van der Waals surface area contributed by atoms with E-state index in [1.54, 1.807) is 11.8 Å². The van der Waals surface area contributed by atoms with Crippen LogP contribution in [0.1, 0.15) is 60.8 Å². The van der Waals surface area contributed by atoms with Gasteiger partial charge in [0, 0.05) is 18.8 Å². The predicted octanol–water partition coefficient (Wildman–Crippen LogP) is 2.49. The van der Waals surface area contributed by atoms with E-state index in [1.165, 1.54) is 0 Å². The number of carbonyl (C=O) groups excluding carboxylic acids is 1. The van der Waals surface area contributed by atoms with Gasteiger partial charge in [-0.2, -0.15) is 11.8 Å². The maximum atomic E-state index is 12.3. The Morgan fingerprint density at radius 1 is 1.22 bits per heavy atom. The zero-order valence-corrected chi connectivity index (χ0v) is 18.6. The van der Waals surface area contributed by atoms with E-state index in [-0.39, 0.29) is 0 Å². The summed E-state index contributed by atoms with van der Waals surface area (Å²) in [7, 11) is 0. The smallest absolute Gasteiger partial charge is 0.408 e. The van der Waals surface area contributed by atoms with Crippen LogP contribution in [0.3, 0.4) is 0 Å². The number of carbonyl (C=O) groups is 1. The van der Waals surface area contributed by atoms with E-state index in [0.29, 0.717) is 19.0 Å². The number of thioether (sulfide) groups is 1. The summed E-state index contributed by atoms with van der Waals surface area (Å²) in [5, 5.41) is 20.0. The minimum atomic E-state index is -0.678. The van der Waals surface area contributed by atoms with Gasteiger partial charge in [-0.15, -0.1) is 0 Å². The Balaban J connectivity index is 2.76. The lowest BCUT2D eigenvalue weighted by Gasteiger charge is -2.33. The zero-order valence-electron chi connectivity index (χ0n) is 17.8. The third kappa shape index (κ3) is 8.60. The molecule has 1 unspecified atom stereocenters. The molecule has 1 rings (SSSR count). The van der Waals surface area contributed by atoms with Crippen LogP contribution < -0.4 is 16.0 Å². The molecule has 0 radical (unpaired) electrons. The minimum absolute atomic E-state index is 0.420. The molecular formula is C19H38N4O3S. The zero-order chi connectivity index (χ0) is 20.6. The molecule has 1 fully saturated rings. The first-order valence-corrected chi connectivity index (χ1v) is 11.1. The number of nitrogens with zero attached hydrogens (tertiary/aromatic N) is 1. The van der Waals surface area contributed by atoms with E-state index in [2.05, 4.69) is 20.9 Å². The van der Waals surface area contributed by atoms with Crippen LogP contribution >= 0.6 is 11.8 Å². The van der Waals surface area contributed by atoms with Crippen molar-refractivity contribution < 1.29 is 14.6 Å². The van der Waals surface area contributed by atoms with Crippen molar-refractivity contribution >= 4 is 23.8 Å². The Morgan fingerprint density at radius 3 is 2.37 bits per heavy atom. The van der Waals surface area contributed by atoms with Gasteiger partial charge in [0.2, 0.25) is 0 Å². The highest BCUT2D eigenvalue weighted by Gasteiger charge is 2.33. The van der Waals surface area contributed by atoms with E-state index in [9.17, 15) is 9.90 Å². The third-order valence-corrected chi connectivity index (χ3v) is 5.91. The maximum absolute atomic E-state index is 12.3. The van der Waals surface area contributed by atoms with Crippen molar-refractivity contribution in [2.75, 3.05) is 31.1 Å². The number of guanidine groups is 1. The van der Waals surface area contributed by atoms with E-state index >= 15 is 0 Å². The van der Waals surface area contributed by atoms with Gasteiger partial charge in [-0.3, -0.25) is 4.99 Å². The predicted molar refractivity (Wildman–Crippen MR) is 114 cm³/mol. The molecule has 8 heteroatoms. The molecule has 0 bridgehead atoms. The molecule has 1 heterocycles. The number of hydrogen-bond donors (Lipinski definition) is 4. The van der Waals surface area contributed by atoms with Crippen LogP contribution in [-0.4, -0.2) is 65.0 Å². The number of alkyl carbamates (subject to hydrolysis) is 1. The summed E-state index contributed by atoms with van der Waals surface area (Å²) >= 11 is 1.77. The van der Waals surface area contributed by atoms with Crippen molar-refractivity contribution in [3.05, 3.63) is 0 Å². The number of aliphatic hydroxyl groups is 1. The number of ether oxygens (including phenoxy) is 1. The average Bonchev–Trinajstić information content (AvgIpc) is 3.01. The van der Waals surface area contributed by atoms with Crippen molar-refractivity contribution in [1.82, 2.24) is 16.0 Å². The summed E-state index contributed by atoms with van der Waals surface area (Å²) in [6, 6.07) is 0. The van der Waals surface area contributed by atoms with E-state index in [4.69, 9.17) is 4.74 Å². The quantitative estimate of drug-likeness (QED) is 0.368. The highest BCUT2D eigenvalue weighted by molar-refractivity contribution is 7.99. The van der Waals surface area contributed by atoms with Crippen LogP contribution in [0.2, 0.25) is 0 Å². The third-order valence-electron chi connectivity index (χ3n) is 4.67. The summed E-state index contributed by atoms with van der Waals surface area (Å²) < 4.78 is 5.41. The molecule has 4 N–H and O–H groups in total. The molecule has 1 aliphatic heterocycles. The van der Waals surface area contributed by atoms with Crippen LogP contribution in [0.15, 0.2) is 4.99 Å². The van der Waals surface area contributed by atoms with Crippen molar-refractivity contribution in [3.63, 3.8) is 0 Å². The molecule has 158 valence electrons. The first-order chi connectivity index (χ1) is 12.6. The number of aliphatic imine (C=N–C) groups is 1. The first kappa shape index (κ1) is 23.9. The molecule has 0 aliphatic carbocycles. The van der Waals surface area contributed by atoms with E-state index in [0.717, 1.165) is 37.3 Å². The highest BCUT2D eigenvalue weighted by Crippen LogP contribution is 2.27. The number of hydrogen-bond acceptors (Lipinski definition) is 5. The largest absolute Gasteiger partial charge is 0.444 e. The van der Waals surface area contributed by atoms with Gasteiger partial charge in [-0.1, -0.05) is 13.8 Å². The van der Waals surface area contributed by atoms with Gasteiger partial charge in [0.15, 0.2) is 5.96 Å². The molecule has 1 aliphatic rings. The van der Waals surface area contributed by atoms with E-state index in [1.807, 2.05) is 41.5 Å². The Kier molecular flexibility index (Phi) is 9.21. The monoisotopic (exact) mass is 402 g/mol. The van der Waals surface area contributed by atoms with Crippen molar-refractivity contribution in [2.45, 2.75) is 77.5 Å². The van der Waals surface area contributed by atoms with Crippen molar-refractivity contribution in [1.29, 1.82) is 0 Å². The molecular weight excluding hydrogens is 364 g/mol. The van der Waals surface area contributed by atoms with Crippen LogP contribution in [0.4, 0.5) is 4.79 Å². The standard InChI is InChI=1S/C19H38N4O3S/c1-7-18(8-2,23-16(24)26-17(4,5)6)12-21-15(20-9-3)22-13-19(25)10-11-27-14-19/h25H,7-14H2,1-6H3,(H,23,24)(H2,20,21,22). The molecule has 0 aromatic carbocycles. The fourth-order valence-electron chi connectivity index (χ4n) is 2.77. The van der Waals surface area contributed by atoms with Crippen LogP contribution in [0.5, 0.6) is 0 Å². The lowest BCUT2D eigenvalue weighted by Crippen LogP contribution is -2.53. The van der Waals surface area contributed by atoms with Gasteiger partial charge in [0.05, 0.1) is 17.7 Å². The molecule has 0 aromatic heterocycles. The first-order valence-electron chi connectivity index (χ1n) is 9.90. The van der Waals surface area contributed by atoms with Gasteiger partial charge >= 0.3 is 6.09 Å². The van der Waals surface area contributed by atoms with Gasteiger partial charge in [0.1, 0.15) is 5.60 Å². The maximum Gasteiger partial charge on any atom is 0.408 e. The molecule has 7 nitrogen and oxygen atoms in total. The van der Waals surface area contributed by atoms with Crippen LogP contribution in [0.25, 0.3) is 0 Å². The van der Waals surface area contributed by atoms with Gasteiger partial charge in [-0.25, -0.2) is 4.79 Å². The number of nitrogens with one attached hydrogen (secondary N) is 3. The van der Waals surface area contributed by atoms with Gasteiger partial charge in [0.25, 0.3) is 0 Å². The van der Waals surface area contributed by atoms with Crippen molar-refractivity contribution in [3.8, 4) is 0 Å². The Hall–Kier alpha value is -1.15.